The van der Waals surface area contributed by atoms with E-state index >= 15 is 0 Å². The largest absolute Gasteiger partial charge is 0.392 e. The second-order valence-corrected chi connectivity index (χ2v) is 7.50. The zero-order valence-electron chi connectivity index (χ0n) is 16.3. The number of fused-ring (bicyclic) bond motifs is 1. The van der Waals surface area contributed by atoms with Gasteiger partial charge < -0.3 is 24.0 Å². The molecule has 0 spiro atoms. The number of rotatable bonds is 4. The van der Waals surface area contributed by atoms with Crippen LogP contribution in [0.4, 0.5) is 5.95 Å². The van der Waals surface area contributed by atoms with Crippen LogP contribution in [0.5, 0.6) is 0 Å². The quantitative estimate of drug-likeness (QED) is 0.725. The Labute approximate surface area is 169 Å². The normalized spacial score (nSPS) is 18.4. The van der Waals surface area contributed by atoms with Crippen LogP contribution in [0.25, 0.3) is 22.4 Å². The van der Waals surface area contributed by atoms with Crippen LogP contribution < -0.4 is 4.90 Å². The van der Waals surface area contributed by atoms with Crippen molar-refractivity contribution in [1.29, 1.82) is 0 Å². The third kappa shape index (κ3) is 3.59. The Kier molecular flexibility index (Phi) is 5.13. The van der Waals surface area contributed by atoms with Crippen molar-refractivity contribution >= 4 is 17.1 Å². The smallest absolute Gasteiger partial charge is 0.228 e. The summed E-state index contributed by atoms with van der Waals surface area (Å²) >= 11 is 0. The van der Waals surface area contributed by atoms with E-state index in [0.717, 1.165) is 67.1 Å². The van der Waals surface area contributed by atoms with E-state index < -0.39 is 0 Å². The van der Waals surface area contributed by atoms with Gasteiger partial charge in [-0.1, -0.05) is 18.2 Å². The molecular formula is C21H25N5O3. The molecule has 0 saturated carbocycles. The third-order valence-corrected chi connectivity index (χ3v) is 5.67. The highest BCUT2D eigenvalue weighted by atomic mass is 16.5. The maximum atomic E-state index is 9.57. The molecule has 2 aromatic heterocycles. The molecule has 0 atom stereocenters. The predicted octanol–water partition coefficient (Wildman–Crippen LogP) is 2.17. The van der Waals surface area contributed by atoms with Crippen LogP contribution in [-0.2, 0) is 16.1 Å². The number of aliphatic hydroxyl groups excluding tert-OH is 1. The van der Waals surface area contributed by atoms with Crippen LogP contribution in [0.1, 0.15) is 24.4 Å². The van der Waals surface area contributed by atoms with Crippen molar-refractivity contribution in [3.8, 4) is 11.3 Å². The van der Waals surface area contributed by atoms with Crippen molar-refractivity contribution in [2.45, 2.75) is 25.5 Å². The number of nitrogens with zero attached hydrogens (tertiary/aromatic N) is 5. The summed E-state index contributed by atoms with van der Waals surface area (Å²) in [6, 6.07) is 8.16. The molecule has 4 heterocycles. The van der Waals surface area contributed by atoms with Crippen LogP contribution >= 0.6 is 0 Å². The second-order valence-electron chi connectivity index (χ2n) is 7.50. The molecule has 29 heavy (non-hydrogen) atoms. The first-order valence-electron chi connectivity index (χ1n) is 10.2. The molecule has 0 amide bonds. The fourth-order valence-electron chi connectivity index (χ4n) is 4.06. The summed E-state index contributed by atoms with van der Waals surface area (Å²) in [5, 5.41) is 9.57. The Morgan fingerprint density at radius 3 is 2.62 bits per heavy atom. The lowest BCUT2D eigenvalue weighted by Crippen LogP contribution is -2.37. The summed E-state index contributed by atoms with van der Waals surface area (Å²) in [6.07, 6.45) is 3.80. The van der Waals surface area contributed by atoms with Gasteiger partial charge in [0, 0.05) is 37.9 Å². The fourth-order valence-corrected chi connectivity index (χ4v) is 4.06. The fraction of sp³-hybridized carbons (Fsp3) is 0.476. The minimum absolute atomic E-state index is 0.00506. The van der Waals surface area contributed by atoms with E-state index in [1.165, 1.54) is 0 Å². The summed E-state index contributed by atoms with van der Waals surface area (Å²) in [6.45, 7) is 4.41. The number of hydrogen-bond donors (Lipinski definition) is 1. The molecule has 1 aromatic carbocycles. The van der Waals surface area contributed by atoms with E-state index in [4.69, 9.17) is 24.4 Å². The molecule has 0 unspecified atom stereocenters. The zero-order valence-corrected chi connectivity index (χ0v) is 16.3. The van der Waals surface area contributed by atoms with E-state index in [2.05, 4.69) is 9.47 Å². The van der Waals surface area contributed by atoms with Gasteiger partial charge in [0.05, 0.1) is 26.1 Å². The van der Waals surface area contributed by atoms with Crippen molar-refractivity contribution in [3.05, 3.63) is 36.2 Å². The molecule has 0 aliphatic carbocycles. The Bertz CT molecular complexity index is 993. The van der Waals surface area contributed by atoms with E-state index in [9.17, 15) is 5.11 Å². The van der Waals surface area contributed by atoms with Crippen LogP contribution in [-0.4, -0.2) is 64.1 Å². The summed E-state index contributed by atoms with van der Waals surface area (Å²) < 4.78 is 13.2. The van der Waals surface area contributed by atoms with Crippen molar-refractivity contribution in [1.82, 2.24) is 19.5 Å². The average molecular weight is 395 g/mol. The van der Waals surface area contributed by atoms with Crippen molar-refractivity contribution in [3.63, 3.8) is 0 Å². The maximum absolute atomic E-state index is 9.57. The van der Waals surface area contributed by atoms with Gasteiger partial charge in [-0.05, 0) is 24.5 Å². The summed E-state index contributed by atoms with van der Waals surface area (Å²) in [5.74, 6) is 0.707. The lowest BCUT2D eigenvalue weighted by molar-refractivity contribution is 0.0704. The van der Waals surface area contributed by atoms with Crippen molar-refractivity contribution < 1.29 is 14.6 Å². The lowest BCUT2D eigenvalue weighted by Gasteiger charge is -2.28. The Morgan fingerprint density at radius 1 is 1.03 bits per heavy atom. The number of benzene rings is 1. The number of hydrogen-bond acceptors (Lipinski definition) is 7. The molecule has 2 fully saturated rings. The summed E-state index contributed by atoms with van der Waals surface area (Å²) in [4.78, 5) is 16.7. The maximum Gasteiger partial charge on any atom is 0.228 e. The number of aliphatic hydroxyl groups is 1. The topological polar surface area (TPSA) is 85.5 Å². The van der Waals surface area contributed by atoms with Crippen LogP contribution in [0.15, 0.2) is 30.6 Å². The number of aromatic nitrogens is 4. The van der Waals surface area contributed by atoms with E-state index in [1.54, 1.807) is 0 Å². The Balaban J connectivity index is 1.66. The SMILES string of the molecule is OCc1cccc(-c2nc(N3CCOCC3)nc3c2ncn3C2CCOCC2)c1. The highest BCUT2D eigenvalue weighted by molar-refractivity contribution is 5.88. The first-order valence-corrected chi connectivity index (χ1v) is 10.2. The van der Waals surface area contributed by atoms with Gasteiger partial charge >= 0.3 is 0 Å². The zero-order chi connectivity index (χ0) is 19.6. The molecule has 8 heteroatoms. The first kappa shape index (κ1) is 18.5. The van der Waals surface area contributed by atoms with Crippen LogP contribution in [0.2, 0.25) is 0 Å². The molecule has 0 radical (unpaired) electrons. The summed E-state index contributed by atoms with van der Waals surface area (Å²) in [5.41, 5.74) is 4.25. The molecule has 0 bridgehead atoms. The number of imidazole rings is 1. The average Bonchev–Trinajstić information content (AvgIpc) is 3.24. The molecule has 5 rings (SSSR count). The Morgan fingerprint density at radius 2 is 1.83 bits per heavy atom. The standard InChI is InChI=1S/C21H25N5O3/c27-13-15-2-1-3-16(12-15)18-19-20(24-21(23-18)25-6-10-29-11-7-25)26(14-22-19)17-4-8-28-9-5-17/h1-3,12,14,17,27H,4-11,13H2. The van der Waals surface area contributed by atoms with Gasteiger partial charge in [-0.2, -0.15) is 4.98 Å². The van der Waals surface area contributed by atoms with Crippen molar-refractivity contribution in [2.75, 3.05) is 44.4 Å². The monoisotopic (exact) mass is 395 g/mol. The number of anilines is 1. The molecule has 2 aliphatic heterocycles. The molecule has 152 valence electrons. The van der Waals surface area contributed by atoms with Gasteiger partial charge in [-0.3, -0.25) is 0 Å². The molecule has 1 N–H and O–H groups in total. The van der Waals surface area contributed by atoms with Gasteiger partial charge in [0.2, 0.25) is 5.95 Å². The number of ether oxygens (including phenoxy) is 2. The predicted molar refractivity (Wildman–Crippen MR) is 109 cm³/mol. The molecule has 2 aliphatic rings. The molecule has 2 saturated heterocycles. The molecule has 3 aromatic rings. The van der Waals surface area contributed by atoms with Crippen LogP contribution in [0, 0.1) is 0 Å². The van der Waals surface area contributed by atoms with Gasteiger partial charge in [-0.25, -0.2) is 9.97 Å². The first-order chi connectivity index (χ1) is 14.3. The minimum atomic E-state index is -0.00506. The van der Waals surface area contributed by atoms with Gasteiger partial charge in [0.15, 0.2) is 5.65 Å². The van der Waals surface area contributed by atoms with Crippen LogP contribution in [0.3, 0.4) is 0 Å². The highest BCUT2D eigenvalue weighted by Gasteiger charge is 2.23. The van der Waals surface area contributed by atoms with E-state index in [0.29, 0.717) is 25.2 Å². The molecule has 8 nitrogen and oxygen atoms in total. The van der Waals surface area contributed by atoms with Gasteiger partial charge in [0.1, 0.15) is 11.2 Å². The Hall–Kier alpha value is -2.55. The third-order valence-electron chi connectivity index (χ3n) is 5.67. The van der Waals surface area contributed by atoms with E-state index in [-0.39, 0.29) is 6.61 Å². The van der Waals surface area contributed by atoms with Crippen molar-refractivity contribution in [2.24, 2.45) is 0 Å². The second kappa shape index (κ2) is 8.06. The molecular weight excluding hydrogens is 370 g/mol. The number of morpholine rings is 1. The summed E-state index contributed by atoms with van der Waals surface area (Å²) in [7, 11) is 0. The minimum Gasteiger partial charge on any atom is -0.392 e. The highest BCUT2D eigenvalue weighted by Crippen LogP contribution is 2.31. The van der Waals surface area contributed by atoms with E-state index in [1.807, 2.05) is 30.6 Å². The van der Waals surface area contributed by atoms with Gasteiger partial charge in [-0.15, -0.1) is 0 Å². The van der Waals surface area contributed by atoms with Gasteiger partial charge in [0.25, 0.3) is 0 Å². The lowest BCUT2D eigenvalue weighted by atomic mass is 10.1.